The molecule has 0 amide bonds. The Bertz CT molecular complexity index is 844. The fourth-order valence-corrected chi connectivity index (χ4v) is 2.00. The zero-order valence-electron chi connectivity index (χ0n) is 11.6. The Balaban J connectivity index is 1.79. The van der Waals surface area contributed by atoms with Crippen molar-refractivity contribution in [3.63, 3.8) is 0 Å². The zero-order chi connectivity index (χ0) is 16.2. The second-order valence-corrected chi connectivity index (χ2v) is 4.93. The summed E-state index contributed by atoms with van der Waals surface area (Å²) in [5.41, 5.74) is 0.967. The van der Waals surface area contributed by atoms with Gasteiger partial charge in [-0.3, -0.25) is 0 Å². The summed E-state index contributed by atoms with van der Waals surface area (Å²) in [7, 11) is 0. The van der Waals surface area contributed by atoms with E-state index in [0.717, 1.165) is 12.1 Å². The molecular formula is C15H10ClF2N5. The second kappa shape index (κ2) is 6.53. The van der Waals surface area contributed by atoms with Crippen molar-refractivity contribution in [1.82, 2.24) is 15.2 Å². The molecule has 3 rings (SSSR count). The van der Waals surface area contributed by atoms with E-state index >= 15 is 0 Å². The fourth-order valence-electron chi connectivity index (χ4n) is 1.82. The van der Waals surface area contributed by atoms with Crippen LogP contribution in [0.25, 0.3) is 0 Å². The van der Waals surface area contributed by atoms with E-state index in [4.69, 9.17) is 11.6 Å². The Hall–Kier alpha value is -2.80. The van der Waals surface area contributed by atoms with Gasteiger partial charge in [0.1, 0.15) is 0 Å². The van der Waals surface area contributed by atoms with Crippen molar-refractivity contribution in [2.24, 2.45) is 0 Å². The lowest BCUT2D eigenvalue weighted by atomic mass is 10.3. The Morgan fingerprint density at radius 3 is 2.57 bits per heavy atom. The van der Waals surface area contributed by atoms with Crippen LogP contribution in [0.5, 0.6) is 0 Å². The average molecular weight is 334 g/mol. The van der Waals surface area contributed by atoms with Crippen LogP contribution in [0.4, 0.5) is 31.9 Å². The smallest absolute Gasteiger partial charge is 0.249 e. The summed E-state index contributed by atoms with van der Waals surface area (Å²) in [5.74, 6) is -1.36. The molecule has 0 bridgehead atoms. The first-order valence-corrected chi connectivity index (χ1v) is 6.93. The van der Waals surface area contributed by atoms with Crippen LogP contribution in [0.3, 0.4) is 0 Å². The molecule has 0 aliphatic rings. The summed E-state index contributed by atoms with van der Waals surface area (Å²) in [6.45, 7) is 0. The number of halogens is 3. The lowest BCUT2D eigenvalue weighted by Gasteiger charge is -2.09. The van der Waals surface area contributed by atoms with Crippen LogP contribution in [-0.2, 0) is 0 Å². The van der Waals surface area contributed by atoms with Crippen molar-refractivity contribution in [2.75, 3.05) is 10.6 Å². The average Bonchev–Trinajstić information content (AvgIpc) is 2.54. The number of anilines is 4. The number of nitrogens with zero attached hydrogens (tertiary/aromatic N) is 3. The highest BCUT2D eigenvalue weighted by Gasteiger charge is 2.06. The number of hydrogen-bond acceptors (Lipinski definition) is 5. The number of rotatable bonds is 4. The van der Waals surface area contributed by atoms with Crippen molar-refractivity contribution < 1.29 is 8.78 Å². The lowest BCUT2D eigenvalue weighted by Crippen LogP contribution is -2.03. The summed E-state index contributed by atoms with van der Waals surface area (Å²) in [6, 6.07) is 10.5. The monoisotopic (exact) mass is 333 g/mol. The van der Waals surface area contributed by atoms with E-state index in [9.17, 15) is 8.78 Å². The molecule has 0 fully saturated rings. The summed E-state index contributed by atoms with van der Waals surface area (Å²) >= 11 is 6.06. The fraction of sp³-hybridized carbons (Fsp3) is 0. The molecule has 23 heavy (non-hydrogen) atoms. The predicted octanol–water partition coefficient (Wildman–Crippen LogP) is 4.29. The highest BCUT2D eigenvalue weighted by atomic mass is 35.5. The van der Waals surface area contributed by atoms with Gasteiger partial charge < -0.3 is 10.6 Å². The topological polar surface area (TPSA) is 62.7 Å². The molecule has 5 nitrogen and oxygen atoms in total. The molecular weight excluding hydrogens is 324 g/mol. The highest BCUT2D eigenvalue weighted by Crippen LogP contribution is 2.24. The minimum atomic E-state index is -0.965. The van der Waals surface area contributed by atoms with Crippen LogP contribution < -0.4 is 10.6 Å². The van der Waals surface area contributed by atoms with Crippen LogP contribution >= 0.6 is 11.6 Å². The van der Waals surface area contributed by atoms with Crippen molar-refractivity contribution in [2.45, 2.75) is 0 Å². The molecule has 0 saturated heterocycles. The van der Waals surface area contributed by atoms with Crippen molar-refractivity contribution in [3.8, 4) is 0 Å². The van der Waals surface area contributed by atoms with Crippen molar-refractivity contribution in [3.05, 3.63) is 65.3 Å². The molecule has 0 spiro atoms. The van der Waals surface area contributed by atoms with Crippen LogP contribution in [0.2, 0.25) is 5.02 Å². The summed E-state index contributed by atoms with van der Waals surface area (Å²) < 4.78 is 26.1. The van der Waals surface area contributed by atoms with E-state index in [1.165, 1.54) is 12.3 Å². The molecule has 1 aromatic heterocycles. The normalized spacial score (nSPS) is 10.4. The van der Waals surface area contributed by atoms with Gasteiger partial charge in [-0.1, -0.05) is 23.7 Å². The van der Waals surface area contributed by atoms with Gasteiger partial charge in [0.25, 0.3) is 0 Å². The molecule has 8 heteroatoms. The molecule has 0 saturated carbocycles. The third kappa shape index (κ3) is 3.70. The molecule has 0 radical (unpaired) electrons. The first kappa shape index (κ1) is 15.1. The Morgan fingerprint density at radius 1 is 0.957 bits per heavy atom. The molecule has 0 unspecified atom stereocenters. The maximum Gasteiger partial charge on any atom is 0.249 e. The number of benzene rings is 2. The highest BCUT2D eigenvalue weighted by molar-refractivity contribution is 6.33. The van der Waals surface area contributed by atoms with Gasteiger partial charge in [-0.15, -0.1) is 5.10 Å². The van der Waals surface area contributed by atoms with Gasteiger partial charge in [0.15, 0.2) is 17.5 Å². The minimum absolute atomic E-state index is 0.132. The maximum absolute atomic E-state index is 13.2. The predicted molar refractivity (Wildman–Crippen MR) is 84.2 cm³/mol. The number of aromatic nitrogens is 3. The van der Waals surface area contributed by atoms with Gasteiger partial charge in [-0.05, 0) is 24.3 Å². The van der Waals surface area contributed by atoms with E-state index in [1.54, 1.807) is 12.1 Å². The SMILES string of the molecule is Fc1ccc(Nc2nncc(Nc3ccccc3Cl)n2)cc1F. The molecule has 1 heterocycles. The van der Waals surface area contributed by atoms with E-state index in [1.807, 2.05) is 12.1 Å². The van der Waals surface area contributed by atoms with E-state index in [-0.39, 0.29) is 5.95 Å². The van der Waals surface area contributed by atoms with Crippen molar-refractivity contribution >= 4 is 34.7 Å². The maximum atomic E-state index is 13.2. The van der Waals surface area contributed by atoms with Crippen LogP contribution in [0.1, 0.15) is 0 Å². The third-order valence-electron chi connectivity index (χ3n) is 2.87. The van der Waals surface area contributed by atoms with Crippen LogP contribution in [0, 0.1) is 11.6 Å². The molecule has 3 aromatic rings. The first-order valence-electron chi connectivity index (χ1n) is 6.55. The largest absolute Gasteiger partial charge is 0.338 e. The van der Waals surface area contributed by atoms with Gasteiger partial charge in [-0.25, -0.2) is 8.78 Å². The van der Waals surface area contributed by atoms with Gasteiger partial charge in [0.05, 0.1) is 16.9 Å². The van der Waals surface area contributed by atoms with E-state index in [0.29, 0.717) is 22.2 Å². The van der Waals surface area contributed by atoms with Gasteiger partial charge in [-0.2, -0.15) is 10.1 Å². The number of nitrogens with one attached hydrogen (secondary N) is 2. The van der Waals surface area contributed by atoms with Crippen LogP contribution in [-0.4, -0.2) is 15.2 Å². The van der Waals surface area contributed by atoms with E-state index < -0.39 is 11.6 Å². The lowest BCUT2D eigenvalue weighted by molar-refractivity contribution is 0.509. The molecule has 116 valence electrons. The van der Waals surface area contributed by atoms with Crippen molar-refractivity contribution in [1.29, 1.82) is 0 Å². The van der Waals surface area contributed by atoms with E-state index in [2.05, 4.69) is 25.8 Å². The standard InChI is InChI=1S/C15H10ClF2N5/c16-10-3-1-2-4-13(10)21-14-8-19-23-15(22-14)20-9-5-6-11(17)12(18)7-9/h1-8H,(H2,20,21,22,23). The molecule has 0 aliphatic heterocycles. The molecule has 0 atom stereocenters. The summed E-state index contributed by atoms with van der Waals surface area (Å²) in [4.78, 5) is 4.19. The summed E-state index contributed by atoms with van der Waals surface area (Å²) in [6.07, 6.45) is 1.42. The minimum Gasteiger partial charge on any atom is -0.338 e. The number of hydrogen-bond donors (Lipinski definition) is 2. The summed E-state index contributed by atoms with van der Waals surface area (Å²) in [5, 5.41) is 13.9. The molecule has 2 N–H and O–H groups in total. The van der Waals surface area contributed by atoms with Gasteiger partial charge in [0, 0.05) is 11.8 Å². The Kier molecular flexibility index (Phi) is 4.29. The molecule has 0 aliphatic carbocycles. The van der Waals surface area contributed by atoms with Gasteiger partial charge >= 0.3 is 0 Å². The second-order valence-electron chi connectivity index (χ2n) is 4.52. The van der Waals surface area contributed by atoms with Gasteiger partial charge in [0.2, 0.25) is 5.95 Å². The Labute approximate surface area is 135 Å². The molecule has 2 aromatic carbocycles. The quantitative estimate of drug-likeness (QED) is 0.745. The van der Waals surface area contributed by atoms with Crippen LogP contribution in [0.15, 0.2) is 48.7 Å². The Morgan fingerprint density at radius 2 is 1.78 bits per heavy atom. The third-order valence-corrected chi connectivity index (χ3v) is 3.20. The number of para-hydroxylation sites is 1. The zero-order valence-corrected chi connectivity index (χ0v) is 12.4. The first-order chi connectivity index (χ1) is 11.1.